The quantitative estimate of drug-likeness (QED) is 0.00539. The Balaban J connectivity index is 0.000000252. The van der Waals surface area contributed by atoms with Gasteiger partial charge in [-0.2, -0.15) is 60.2 Å². The molecular formula is C86H89N33O17S4. The van der Waals surface area contributed by atoms with Gasteiger partial charge in [0.2, 0.25) is 0 Å². The van der Waals surface area contributed by atoms with Crippen LogP contribution in [0, 0.1) is 17.9 Å². The number of benzene rings is 4. The standard InChI is InChI=1S/C46H45N19O9.C40H44N14O8S4/c1-45(2,3)34-32(56-58-38-28(17-47)18-51-62(38)29-13-24(20-73-22-66)11-26(15-29)40(68)70-8)36(48)64(60-34)42-53-43(55-44(54-42)72-10)65-37(49)33(35(61-65)46(4,5)6)57-59-39-31(50-7)19-52-63(39)30-14-25(21-74-23-67)12-27(16-30)41(69)71-9;1-39(2,3)29-27(31(41)53(51-29)25-13-21(17-61-19-55)11-23(15-25)33(57)59-7)43-45-35-47-49-37(65-35)63-9-10-64-38-50-48-36(66-38)46-44-28-30(40(4,5)6)52-54(32(28)42)26-14-22(18-62-20-56)12-24(16-26)34(58)60-8/h11-16,18-19,22-23H,20-21,48-49H2,1-6,8-10H3;11-16,19-20H,9-10,17-18,41-42H2,1-8H3. The first-order valence-electron chi connectivity index (χ1n) is 41.2. The minimum atomic E-state index is -0.748. The van der Waals surface area contributed by atoms with E-state index in [0.717, 1.165) is 0 Å². The molecule has 8 N–H and O–H groups in total. The number of hydrogen-bond donors (Lipinski definition) is 4. The fraction of sp³-hybridized carbons (Fsp3) is 0.314. The van der Waals surface area contributed by atoms with Crippen LogP contribution in [0.3, 0.4) is 0 Å². The molecule has 0 atom stereocenters. The topological polar surface area (TPSA) is 648 Å². The highest BCUT2D eigenvalue weighted by atomic mass is 32.2. The van der Waals surface area contributed by atoms with Crippen molar-refractivity contribution in [3.8, 4) is 46.7 Å². The molecule has 0 aliphatic carbocycles. The van der Waals surface area contributed by atoms with E-state index in [0.29, 0.717) is 111 Å². The number of anilines is 4. The van der Waals surface area contributed by atoms with E-state index >= 15 is 0 Å². The molecule has 0 fully saturated rings. The first-order valence-corrected chi connectivity index (χ1v) is 44.8. The largest absolute Gasteiger partial charge is 0.467 e. The van der Waals surface area contributed by atoms with E-state index in [2.05, 4.69) is 91.3 Å². The van der Waals surface area contributed by atoms with Crippen LogP contribution in [0.15, 0.2) is 135 Å². The summed E-state index contributed by atoms with van der Waals surface area (Å²) in [6, 6.07) is 20.5. The van der Waals surface area contributed by atoms with Crippen LogP contribution in [0.5, 0.6) is 6.01 Å². The maximum Gasteiger partial charge on any atom is 0.337 e. The van der Waals surface area contributed by atoms with Crippen LogP contribution in [0.4, 0.5) is 73.6 Å². The van der Waals surface area contributed by atoms with Crippen molar-refractivity contribution >= 4 is 170 Å². The van der Waals surface area contributed by atoms with Gasteiger partial charge >= 0.3 is 29.9 Å². The molecule has 0 bridgehead atoms. The highest BCUT2D eigenvalue weighted by molar-refractivity contribution is 8.04. The van der Waals surface area contributed by atoms with Crippen LogP contribution >= 0.6 is 46.2 Å². The fourth-order valence-corrected chi connectivity index (χ4v) is 16.5. The first kappa shape index (κ1) is 102. The van der Waals surface area contributed by atoms with Gasteiger partial charge in [-0.1, -0.05) is 129 Å². The average molecular weight is 1990 g/mol. The van der Waals surface area contributed by atoms with Crippen LogP contribution in [0.1, 0.15) is 175 Å². The number of aromatic nitrogens is 19. The zero-order chi connectivity index (χ0) is 101. The smallest absolute Gasteiger partial charge is 0.337 e. The van der Waals surface area contributed by atoms with Gasteiger partial charge < -0.3 is 65.6 Å². The molecule has 4 aromatic carbocycles. The summed E-state index contributed by atoms with van der Waals surface area (Å²) >= 11 is 5.50. The van der Waals surface area contributed by atoms with Crippen molar-refractivity contribution in [1.29, 1.82) is 5.26 Å². The summed E-state index contributed by atoms with van der Waals surface area (Å²) in [5.41, 5.74) is 30.8. The number of nitrogens with two attached hydrogens (primary N) is 4. The van der Waals surface area contributed by atoms with Crippen molar-refractivity contribution in [2.75, 3.05) is 70.0 Å². The normalized spacial score (nSPS) is 11.8. The summed E-state index contributed by atoms with van der Waals surface area (Å²) in [4.78, 5) is 111. The van der Waals surface area contributed by atoms with Gasteiger partial charge in [-0.15, -0.1) is 61.3 Å². The van der Waals surface area contributed by atoms with Crippen molar-refractivity contribution in [1.82, 2.24) is 94.0 Å². The van der Waals surface area contributed by atoms with E-state index in [-0.39, 0.29) is 148 Å². The maximum atomic E-state index is 12.6. The fourth-order valence-electron chi connectivity index (χ4n) is 13.0. The number of carbonyl (C=O) groups is 8. The molecule has 54 heteroatoms. The molecule has 13 aromatic rings. The Morgan fingerprint density at radius 3 is 1.04 bits per heavy atom. The highest BCUT2D eigenvalue weighted by Gasteiger charge is 2.35. The first-order chi connectivity index (χ1) is 66.7. The number of thioether (sulfide) groups is 2. The van der Waals surface area contributed by atoms with Crippen molar-refractivity contribution < 1.29 is 81.0 Å². The van der Waals surface area contributed by atoms with Gasteiger partial charge in [0.25, 0.3) is 53.7 Å². The second-order valence-electron chi connectivity index (χ2n) is 33.5. The number of hydrogen-bond acceptors (Lipinski definition) is 47. The number of nitriles is 1. The Bertz CT molecular complexity index is 6710. The van der Waals surface area contributed by atoms with Crippen molar-refractivity contribution in [3.63, 3.8) is 0 Å². The number of nitrogens with zero attached hydrogens (tertiary/aromatic N) is 29. The van der Waals surface area contributed by atoms with Gasteiger partial charge in [-0.3, -0.25) is 19.2 Å². The molecule has 0 aliphatic rings. The van der Waals surface area contributed by atoms with Crippen LogP contribution < -0.4 is 27.7 Å². The van der Waals surface area contributed by atoms with Crippen LogP contribution in [0.25, 0.3) is 39.5 Å². The molecule has 50 nitrogen and oxygen atoms in total. The Kier molecular flexibility index (Phi) is 32.0. The molecule has 0 amide bonds. The number of carbonyl (C=O) groups excluding carboxylic acids is 8. The van der Waals surface area contributed by atoms with E-state index < -0.39 is 45.5 Å². The number of ether oxygens (including phenoxy) is 9. The van der Waals surface area contributed by atoms with Gasteiger partial charge in [0.05, 0.1) is 122 Å². The van der Waals surface area contributed by atoms with Crippen molar-refractivity contribution in [2.45, 2.75) is 140 Å². The zero-order valence-electron chi connectivity index (χ0n) is 78.0. The summed E-state index contributed by atoms with van der Waals surface area (Å²) in [5.74, 6) is -1.52. The van der Waals surface area contributed by atoms with Crippen LogP contribution in [0.2, 0.25) is 0 Å². The van der Waals surface area contributed by atoms with E-state index in [1.165, 1.54) is 146 Å². The molecule has 724 valence electrons. The van der Waals surface area contributed by atoms with Gasteiger partial charge in [-0.25, -0.2) is 42.8 Å². The monoisotopic (exact) mass is 1980 g/mol. The van der Waals surface area contributed by atoms with Crippen molar-refractivity contribution in [3.05, 3.63) is 169 Å². The molecule has 140 heavy (non-hydrogen) atoms. The van der Waals surface area contributed by atoms with Gasteiger partial charge in [-0.05, 0) is 95.1 Å². The summed E-state index contributed by atoms with van der Waals surface area (Å²) in [5, 5.41) is 90.8. The molecule has 0 aliphatic heterocycles. The predicted molar refractivity (Wildman–Crippen MR) is 505 cm³/mol. The Hall–Kier alpha value is -16.9. The molecule has 9 aromatic heterocycles. The molecule has 0 saturated heterocycles. The lowest BCUT2D eigenvalue weighted by Crippen LogP contribution is -2.16. The minimum absolute atomic E-state index is 0.00258. The number of rotatable bonds is 36. The molecule has 0 saturated carbocycles. The second kappa shape index (κ2) is 43.8. The van der Waals surface area contributed by atoms with Crippen LogP contribution in [-0.2, 0) is 105 Å². The lowest BCUT2D eigenvalue weighted by atomic mass is 9.91. The Morgan fingerprint density at radius 2 is 0.729 bits per heavy atom. The third-order valence-corrected chi connectivity index (χ3v) is 23.6. The third-order valence-electron chi connectivity index (χ3n) is 19.4. The van der Waals surface area contributed by atoms with E-state index in [9.17, 15) is 43.6 Å². The van der Waals surface area contributed by atoms with E-state index in [1.54, 1.807) is 48.5 Å². The highest BCUT2D eigenvalue weighted by Crippen LogP contribution is 2.46. The SMILES string of the molecule is COC(=O)c1cc(COC=O)cc(-n2nc(C(C)(C)C)c(N=Nc3nnc(SCCSc4nnc(N=Nc5c(C(C)(C)C)nn(-c6cc(COC=O)cc(C(=O)OC)c6)c5N)s4)s3)c2N)c1.[C-]#[N+]c1cnn(-c2cc(COC=O)cc(C(=O)OC)c2)c1N=Nc1c(C(C)(C)C)nn(-c2nc(OC)nc(-n3nc(C(C)(C)C)c(N=Nc4c(C#N)cnn4-c4cc(COC=O)cc(C(=O)OC)c4)c3N)n2)c1N. The molecule has 0 unspecified atom stereocenters. The van der Waals surface area contributed by atoms with Gasteiger partial charge in [0.15, 0.2) is 66.3 Å². The number of azo groups is 4. The van der Waals surface area contributed by atoms with E-state index in [4.69, 9.17) is 92.5 Å². The number of methoxy groups -OCH3 is 5. The summed E-state index contributed by atoms with van der Waals surface area (Å²) < 4.78 is 54.0. The van der Waals surface area contributed by atoms with Crippen molar-refractivity contribution in [2.24, 2.45) is 40.9 Å². The Morgan fingerprint density at radius 1 is 0.421 bits per heavy atom. The van der Waals surface area contributed by atoms with E-state index in [1.807, 2.05) is 89.2 Å². The summed E-state index contributed by atoms with van der Waals surface area (Å²) in [6.45, 7) is 31.4. The summed E-state index contributed by atoms with van der Waals surface area (Å²) in [7, 11) is 6.29. The third kappa shape index (κ3) is 23.6. The molecule has 9 heterocycles. The van der Waals surface area contributed by atoms with Gasteiger partial charge in [0.1, 0.15) is 38.1 Å². The lowest BCUT2D eigenvalue weighted by molar-refractivity contribution is -0.130. The number of nitrogen functional groups attached to an aromatic ring is 4. The summed E-state index contributed by atoms with van der Waals surface area (Å²) in [6.07, 6.45) is 2.52. The number of esters is 4. The molecular weight excluding hydrogens is 1900 g/mol. The zero-order valence-corrected chi connectivity index (χ0v) is 81.3. The molecule has 0 radical (unpaired) electrons. The molecule has 13 rings (SSSR count). The minimum Gasteiger partial charge on any atom is -0.467 e. The lowest BCUT2D eigenvalue weighted by Gasteiger charge is -2.15. The maximum absolute atomic E-state index is 12.6. The Labute approximate surface area is 812 Å². The van der Waals surface area contributed by atoms with Crippen LogP contribution in [-0.4, -0.2) is 191 Å². The second-order valence-corrected chi connectivity index (χ2v) is 38.1. The van der Waals surface area contributed by atoms with Gasteiger partial charge in [0, 0.05) is 33.2 Å². The average Bonchev–Trinajstić information content (AvgIpc) is 1.72. The predicted octanol–water partition coefficient (Wildman–Crippen LogP) is 14.7. The molecule has 0 spiro atoms.